The largest absolute Gasteiger partial charge is 0.493 e. The minimum Gasteiger partial charge on any atom is -0.493 e. The Bertz CT molecular complexity index is 717. The van der Waals surface area contributed by atoms with Crippen molar-refractivity contribution in [1.82, 2.24) is 0 Å². The van der Waals surface area contributed by atoms with Crippen LogP contribution in [0.4, 0.5) is 0 Å². The number of aliphatic hydroxyl groups excluding tert-OH is 1. The van der Waals surface area contributed by atoms with Crippen LogP contribution in [0, 0.1) is 5.92 Å². The Morgan fingerprint density at radius 1 is 1.04 bits per heavy atom. The summed E-state index contributed by atoms with van der Waals surface area (Å²) in [5.41, 5.74) is 7.64. The molecule has 0 radical (unpaired) electrons. The van der Waals surface area contributed by atoms with Crippen molar-refractivity contribution in [2.24, 2.45) is 11.7 Å². The van der Waals surface area contributed by atoms with Crippen LogP contribution in [0.2, 0.25) is 10.0 Å². The highest BCUT2D eigenvalue weighted by atomic mass is 35.5. The first-order chi connectivity index (χ1) is 12.5. The molecule has 1 fully saturated rings. The molecule has 4 nitrogen and oxygen atoms in total. The summed E-state index contributed by atoms with van der Waals surface area (Å²) in [6.45, 7) is 2.31. The smallest absolute Gasteiger partial charge is 0.119 e. The lowest BCUT2D eigenvalue weighted by Gasteiger charge is -2.22. The number of nitrogens with two attached hydrogens (primary N) is 1. The number of ether oxygens (including phenoxy) is 2. The van der Waals surface area contributed by atoms with Crippen LogP contribution in [0.1, 0.15) is 36.1 Å². The van der Waals surface area contributed by atoms with Gasteiger partial charge in [-0.1, -0.05) is 41.4 Å². The monoisotopic (exact) mass is 395 g/mol. The van der Waals surface area contributed by atoms with Crippen molar-refractivity contribution >= 4 is 23.2 Å². The second-order valence-corrected chi connectivity index (χ2v) is 7.39. The van der Waals surface area contributed by atoms with E-state index in [4.69, 9.17) is 38.4 Å². The highest BCUT2D eigenvalue weighted by Crippen LogP contribution is 2.31. The summed E-state index contributed by atoms with van der Waals surface area (Å²) in [4.78, 5) is 0. The van der Waals surface area contributed by atoms with Crippen LogP contribution in [0.3, 0.4) is 0 Å². The first-order valence-electron chi connectivity index (χ1n) is 8.73. The van der Waals surface area contributed by atoms with Crippen LogP contribution in [0.15, 0.2) is 42.5 Å². The molecule has 0 spiro atoms. The van der Waals surface area contributed by atoms with Gasteiger partial charge in [0.1, 0.15) is 5.75 Å². The van der Waals surface area contributed by atoms with Gasteiger partial charge in [-0.05, 0) is 54.2 Å². The highest BCUT2D eigenvalue weighted by Gasteiger charge is 2.20. The summed E-state index contributed by atoms with van der Waals surface area (Å²) in [6, 6.07) is 11.9. The lowest BCUT2D eigenvalue weighted by atomic mass is 9.96. The maximum atomic E-state index is 10.6. The molecular formula is C20H23Cl2NO3. The van der Waals surface area contributed by atoms with E-state index in [9.17, 15) is 5.11 Å². The molecule has 0 unspecified atom stereocenters. The van der Waals surface area contributed by atoms with E-state index in [1.165, 1.54) is 0 Å². The van der Waals surface area contributed by atoms with Crippen LogP contribution in [-0.2, 0) is 4.74 Å². The zero-order chi connectivity index (χ0) is 18.5. The molecule has 1 aliphatic heterocycles. The molecule has 1 saturated heterocycles. The number of aliphatic hydroxyl groups is 1. The first kappa shape index (κ1) is 19.5. The van der Waals surface area contributed by atoms with E-state index < -0.39 is 12.1 Å². The number of hydrogen-bond donors (Lipinski definition) is 2. The first-order valence-corrected chi connectivity index (χ1v) is 9.49. The minimum absolute atomic E-state index is 0.420. The zero-order valence-corrected chi connectivity index (χ0v) is 15.9. The van der Waals surface area contributed by atoms with Gasteiger partial charge >= 0.3 is 0 Å². The summed E-state index contributed by atoms with van der Waals surface area (Å²) in [7, 11) is 0. The van der Waals surface area contributed by atoms with Crippen molar-refractivity contribution in [3.63, 3.8) is 0 Å². The maximum Gasteiger partial charge on any atom is 0.119 e. The van der Waals surface area contributed by atoms with Gasteiger partial charge in [-0.25, -0.2) is 0 Å². The van der Waals surface area contributed by atoms with Gasteiger partial charge in [0.15, 0.2) is 0 Å². The fourth-order valence-corrected chi connectivity index (χ4v) is 3.30. The molecule has 3 rings (SSSR count). The average Bonchev–Trinajstić information content (AvgIpc) is 2.68. The lowest BCUT2D eigenvalue weighted by Crippen LogP contribution is -2.21. The molecule has 3 N–H and O–H groups in total. The van der Waals surface area contributed by atoms with Gasteiger partial charge in [0.2, 0.25) is 0 Å². The molecule has 0 aliphatic carbocycles. The topological polar surface area (TPSA) is 64.7 Å². The predicted octanol–water partition coefficient (Wildman–Crippen LogP) is 4.53. The van der Waals surface area contributed by atoms with Crippen molar-refractivity contribution in [1.29, 1.82) is 0 Å². The summed E-state index contributed by atoms with van der Waals surface area (Å²) in [5, 5.41) is 11.5. The van der Waals surface area contributed by atoms with Crippen LogP contribution >= 0.6 is 23.2 Å². The molecule has 1 aliphatic rings. The van der Waals surface area contributed by atoms with Gasteiger partial charge in [0.25, 0.3) is 0 Å². The van der Waals surface area contributed by atoms with Gasteiger partial charge in [0.05, 0.1) is 28.8 Å². The Balaban J connectivity index is 1.60. The third kappa shape index (κ3) is 4.90. The van der Waals surface area contributed by atoms with E-state index in [1.807, 2.05) is 24.3 Å². The van der Waals surface area contributed by atoms with Crippen molar-refractivity contribution < 1.29 is 14.6 Å². The molecule has 0 amide bonds. The minimum atomic E-state index is -0.850. The van der Waals surface area contributed by atoms with Crippen LogP contribution in [0.25, 0.3) is 0 Å². The fourth-order valence-electron chi connectivity index (χ4n) is 3.00. The summed E-state index contributed by atoms with van der Waals surface area (Å²) in [6.07, 6.45) is 1.22. The molecular weight excluding hydrogens is 373 g/mol. The van der Waals surface area contributed by atoms with Gasteiger partial charge in [-0.3, -0.25) is 0 Å². The standard InChI is InChI=1S/C20H23Cl2NO3/c21-17-6-3-15(11-18(17)22)19(23)20(24)14-1-4-16(5-2-14)26-12-13-7-9-25-10-8-13/h1-6,11,13,19-20,24H,7-10,12,23H2/t19-,20+/m0/s1. The molecule has 0 bridgehead atoms. The number of halogens is 2. The van der Waals surface area contributed by atoms with Crippen molar-refractivity contribution in [2.75, 3.05) is 19.8 Å². The molecule has 0 saturated carbocycles. The Morgan fingerprint density at radius 3 is 2.35 bits per heavy atom. The number of benzene rings is 2. The summed E-state index contributed by atoms with van der Waals surface area (Å²) >= 11 is 12.0. The van der Waals surface area contributed by atoms with Crippen molar-refractivity contribution in [3.05, 3.63) is 63.6 Å². The summed E-state index contributed by atoms with van der Waals surface area (Å²) < 4.78 is 11.2. The third-order valence-corrected chi connectivity index (χ3v) is 5.46. The lowest BCUT2D eigenvalue weighted by molar-refractivity contribution is 0.0497. The van der Waals surface area contributed by atoms with E-state index >= 15 is 0 Å². The Labute approximate surface area is 163 Å². The molecule has 0 aromatic heterocycles. The molecule has 1 heterocycles. The predicted molar refractivity (Wildman–Crippen MR) is 104 cm³/mol. The van der Waals surface area contributed by atoms with Gasteiger partial charge in [0, 0.05) is 13.2 Å². The van der Waals surface area contributed by atoms with E-state index in [1.54, 1.807) is 18.2 Å². The number of rotatable bonds is 6. The third-order valence-electron chi connectivity index (χ3n) is 4.72. The van der Waals surface area contributed by atoms with Gasteiger partial charge in [-0.15, -0.1) is 0 Å². The molecule has 140 valence electrons. The van der Waals surface area contributed by atoms with Crippen LogP contribution in [-0.4, -0.2) is 24.9 Å². The van der Waals surface area contributed by atoms with E-state index in [2.05, 4.69) is 0 Å². The molecule has 6 heteroatoms. The normalized spacial score (nSPS) is 17.7. The average molecular weight is 396 g/mol. The fraction of sp³-hybridized carbons (Fsp3) is 0.400. The van der Waals surface area contributed by atoms with Crippen LogP contribution < -0.4 is 10.5 Å². The maximum absolute atomic E-state index is 10.6. The SMILES string of the molecule is N[C@@H](c1ccc(Cl)c(Cl)c1)[C@H](O)c1ccc(OCC2CCOCC2)cc1. The zero-order valence-electron chi connectivity index (χ0n) is 14.4. The number of hydrogen-bond acceptors (Lipinski definition) is 4. The van der Waals surface area contributed by atoms with Crippen molar-refractivity contribution in [2.45, 2.75) is 25.0 Å². The highest BCUT2D eigenvalue weighted by molar-refractivity contribution is 6.42. The van der Waals surface area contributed by atoms with Crippen molar-refractivity contribution in [3.8, 4) is 5.75 Å². The van der Waals surface area contributed by atoms with E-state index in [0.717, 1.165) is 42.9 Å². The second-order valence-electron chi connectivity index (χ2n) is 6.58. The van der Waals surface area contributed by atoms with Gasteiger partial charge in [-0.2, -0.15) is 0 Å². The quantitative estimate of drug-likeness (QED) is 0.753. The molecule has 2 atom stereocenters. The van der Waals surface area contributed by atoms with Gasteiger partial charge < -0.3 is 20.3 Å². The second kappa shape index (κ2) is 9.07. The Hall–Kier alpha value is -1.30. The molecule has 2 aromatic rings. The molecule has 26 heavy (non-hydrogen) atoms. The molecule has 2 aromatic carbocycles. The Morgan fingerprint density at radius 2 is 1.69 bits per heavy atom. The van der Waals surface area contributed by atoms with Crippen LogP contribution in [0.5, 0.6) is 5.75 Å². The Kier molecular flexibility index (Phi) is 6.79. The van der Waals surface area contributed by atoms with E-state index in [-0.39, 0.29) is 0 Å². The van der Waals surface area contributed by atoms with E-state index in [0.29, 0.717) is 22.6 Å². The summed E-state index contributed by atoms with van der Waals surface area (Å²) in [5.74, 6) is 1.33.